The molecular weight excluding hydrogens is 340 g/mol. The van der Waals surface area contributed by atoms with Gasteiger partial charge in [0.15, 0.2) is 5.82 Å². The molecule has 0 unspecified atom stereocenters. The predicted molar refractivity (Wildman–Crippen MR) is 103 cm³/mol. The van der Waals surface area contributed by atoms with Gasteiger partial charge in [0, 0.05) is 30.9 Å². The Labute approximate surface area is 156 Å². The van der Waals surface area contributed by atoms with Crippen LogP contribution in [-0.4, -0.2) is 36.8 Å². The Morgan fingerprint density at radius 2 is 2.07 bits per heavy atom. The Morgan fingerprint density at radius 1 is 1.19 bits per heavy atom. The first-order valence-electron chi connectivity index (χ1n) is 8.87. The lowest BCUT2D eigenvalue weighted by molar-refractivity contribution is 0.0952. The fourth-order valence-corrected chi connectivity index (χ4v) is 3.01. The average Bonchev–Trinajstić information content (AvgIpc) is 3.34. The molecule has 7 nitrogen and oxygen atoms in total. The van der Waals surface area contributed by atoms with E-state index in [-0.39, 0.29) is 5.91 Å². The predicted octanol–water partition coefficient (Wildman–Crippen LogP) is 2.75. The molecular formula is C20H20N6O. The quantitative estimate of drug-likeness (QED) is 0.536. The summed E-state index contributed by atoms with van der Waals surface area (Å²) in [5, 5.41) is 8.39. The first-order valence-corrected chi connectivity index (χ1v) is 8.87. The van der Waals surface area contributed by atoms with E-state index in [1.165, 1.54) is 0 Å². The van der Waals surface area contributed by atoms with E-state index in [1.807, 2.05) is 54.1 Å². The number of hydrogen-bond acceptors (Lipinski definition) is 4. The molecule has 0 saturated carbocycles. The van der Waals surface area contributed by atoms with Gasteiger partial charge in [-0.25, -0.2) is 14.6 Å². The zero-order valence-electron chi connectivity index (χ0n) is 15.0. The lowest BCUT2D eigenvalue weighted by atomic mass is 10.2. The molecule has 0 atom stereocenters. The molecule has 1 N–H and O–H groups in total. The second kappa shape index (κ2) is 7.41. The van der Waals surface area contributed by atoms with Crippen LogP contribution in [0.4, 0.5) is 0 Å². The number of carbonyl (C=O) groups excluding carboxylic acids is 1. The SMILES string of the molecule is Cc1c(C(=O)NCCCn2ccnc2)cnn1-c1ccc2ccccc2n1. The van der Waals surface area contributed by atoms with Gasteiger partial charge in [0.2, 0.25) is 0 Å². The minimum absolute atomic E-state index is 0.120. The van der Waals surface area contributed by atoms with E-state index in [0.29, 0.717) is 17.9 Å². The Bertz CT molecular complexity index is 1070. The molecule has 0 aliphatic rings. The van der Waals surface area contributed by atoms with Crippen molar-refractivity contribution in [3.8, 4) is 5.82 Å². The number of nitrogens with one attached hydrogen (secondary N) is 1. The van der Waals surface area contributed by atoms with Crippen molar-refractivity contribution in [2.75, 3.05) is 6.54 Å². The Balaban J connectivity index is 1.45. The minimum atomic E-state index is -0.120. The molecule has 1 aromatic carbocycles. The van der Waals surface area contributed by atoms with Crippen LogP contribution >= 0.6 is 0 Å². The van der Waals surface area contributed by atoms with Crippen molar-refractivity contribution >= 4 is 16.8 Å². The summed E-state index contributed by atoms with van der Waals surface area (Å²) in [7, 11) is 0. The number of imidazole rings is 1. The molecule has 4 aromatic rings. The summed E-state index contributed by atoms with van der Waals surface area (Å²) in [5.74, 6) is 0.579. The molecule has 3 aromatic heterocycles. The number of fused-ring (bicyclic) bond motifs is 1. The van der Waals surface area contributed by atoms with Crippen LogP contribution in [0.3, 0.4) is 0 Å². The van der Waals surface area contributed by atoms with Gasteiger partial charge in [0.25, 0.3) is 5.91 Å². The summed E-state index contributed by atoms with van der Waals surface area (Å²) in [5.41, 5.74) is 2.23. The highest BCUT2D eigenvalue weighted by Crippen LogP contribution is 2.17. The van der Waals surface area contributed by atoms with Crippen LogP contribution in [0.15, 0.2) is 61.3 Å². The van der Waals surface area contributed by atoms with E-state index < -0.39 is 0 Å². The zero-order valence-corrected chi connectivity index (χ0v) is 15.0. The fourth-order valence-electron chi connectivity index (χ4n) is 3.01. The van der Waals surface area contributed by atoms with Crippen molar-refractivity contribution in [3.63, 3.8) is 0 Å². The van der Waals surface area contributed by atoms with Gasteiger partial charge in [-0.1, -0.05) is 18.2 Å². The monoisotopic (exact) mass is 360 g/mol. The lowest BCUT2D eigenvalue weighted by Crippen LogP contribution is -2.25. The van der Waals surface area contributed by atoms with Crippen molar-refractivity contribution in [1.29, 1.82) is 0 Å². The van der Waals surface area contributed by atoms with E-state index in [0.717, 1.165) is 29.6 Å². The zero-order chi connectivity index (χ0) is 18.6. The molecule has 0 saturated heterocycles. The third-order valence-electron chi connectivity index (χ3n) is 4.49. The average molecular weight is 360 g/mol. The van der Waals surface area contributed by atoms with Gasteiger partial charge < -0.3 is 9.88 Å². The van der Waals surface area contributed by atoms with Crippen LogP contribution in [0.25, 0.3) is 16.7 Å². The maximum Gasteiger partial charge on any atom is 0.254 e. The van der Waals surface area contributed by atoms with Gasteiger partial charge in [-0.05, 0) is 31.5 Å². The van der Waals surface area contributed by atoms with Gasteiger partial charge in [0.1, 0.15) is 0 Å². The second-order valence-corrected chi connectivity index (χ2v) is 6.33. The molecule has 0 aliphatic heterocycles. The molecule has 0 spiro atoms. The van der Waals surface area contributed by atoms with Gasteiger partial charge in [-0.2, -0.15) is 5.10 Å². The number of nitrogens with zero attached hydrogens (tertiary/aromatic N) is 5. The normalized spacial score (nSPS) is 11.0. The van der Waals surface area contributed by atoms with Gasteiger partial charge in [-0.15, -0.1) is 0 Å². The number of rotatable bonds is 6. The van der Waals surface area contributed by atoms with E-state index in [1.54, 1.807) is 23.4 Å². The van der Waals surface area contributed by atoms with Crippen LogP contribution in [0.2, 0.25) is 0 Å². The molecule has 27 heavy (non-hydrogen) atoms. The highest BCUT2D eigenvalue weighted by molar-refractivity contribution is 5.95. The summed E-state index contributed by atoms with van der Waals surface area (Å²) in [6.45, 7) is 3.29. The fraction of sp³-hybridized carbons (Fsp3) is 0.200. The van der Waals surface area contributed by atoms with Gasteiger partial charge >= 0.3 is 0 Å². The van der Waals surface area contributed by atoms with E-state index in [4.69, 9.17) is 0 Å². The highest BCUT2D eigenvalue weighted by atomic mass is 16.1. The number of para-hydroxylation sites is 1. The summed E-state index contributed by atoms with van der Waals surface area (Å²) in [4.78, 5) is 21.1. The topological polar surface area (TPSA) is 77.6 Å². The van der Waals surface area contributed by atoms with Crippen LogP contribution in [0, 0.1) is 6.92 Å². The number of aryl methyl sites for hydroxylation is 1. The van der Waals surface area contributed by atoms with Crippen molar-refractivity contribution in [2.24, 2.45) is 0 Å². The van der Waals surface area contributed by atoms with Crippen LogP contribution in [0.5, 0.6) is 0 Å². The van der Waals surface area contributed by atoms with Crippen molar-refractivity contribution in [2.45, 2.75) is 19.9 Å². The maximum absolute atomic E-state index is 12.5. The summed E-state index contributed by atoms with van der Waals surface area (Å²) < 4.78 is 3.69. The first-order chi connectivity index (χ1) is 13.2. The third kappa shape index (κ3) is 3.57. The second-order valence-electron chi connectivity index (χ2n) is 6.33. The molecule has 3 heterocycles. The van der Waals surface area contributed by atoms with Gasteiger partial charge in [-0.3, -0.25) is 4.79 Å². The number of aromatic nitrogens is 5. The first kappa shape index (κ1) is 17.0. The molecule has 7 heteroatoms. The standard InChI is InChI=1S/C20H20N6O/c1-15-17(20(27)22-9-4-11-25-12-10-21-14-25)13-23-26(15)19-8-7-16-5-2-3-6-18(16)24-19/h2-3,5-8,10,12-14H,4,9,11H2,1H3,(H,22,27). The van der Waals surface area contributed by atoms with Crippen molar-refractivity contribution in [3.05, 3.63) is 72.6 Å². The number of hydrogen-bond donors (Lipinski definition) is 1. The lowest BCUT2D eigenvalue weighted by Gasteiger charge is -2.07. The molecule has 1 amide bonds. The maximum atomic E-state index is 12.5. The Kier molecular flexibility index (Phi) is 4.65. The van der Waals surface area contributed by atoms with E-state index >= 15 is 0 Å². The molecule has 136 valence electrons. The Hall–Kier alpha value is -3.48. The molecule has 0 fully saturated rings. The smallest absolute Gasteiger partial charge is 0.254 e. The van der Waals surface area contributed by atoms with E-state index in [2.05, 4.69) is 20.4 Å². The number of pyridine rings is 1. The molecule has 0 bridgehead atoms. The summed E-state index contributed by atoms with van der Waals surface area (Å²) in [6.07, 6.45) is 7.86. The highest BCUT2D eigenvalue weighted by Gasteiger charge is 2.15. The molecule has 4 rings (SSSR count). The van der Waals surface area contributed by atoms with Crippen LogP contribution < -0.4 is 5.32 Å². The molecule has 0 aliphatic carbocycles. The largest absolute Gasteiger partial charge is 0.352 e. The molecule has 0 radical (unpaired) electrons. The number of carbonyl (C=O) groups is 1. The number of benzene rings is 1. The third-order valence-corrected chi connectivity index (χ3v) is 4.49. The van der Waals surface area contributed by atoms with E-state index in [9.17, 15) is 4.79 Å². The van der Waals surface area contributed by atoms with Crippen molar-refractivity contribution < 1.29 is 4.79 Å². The summed E-state index contributed by atoms with van der Waals surface area (Å²) >= 11 is 0. The van der Waals surface area contributed by atoms with Crippen LogP contribution in [0.1, 0.15) is 22.5 Å². The Morgan fingerprint density at radius 3 is 2.93 bits per heavy atom. The minimum Gasteiger partial charge on any atom is -0.352 e. The number of amides is 1. The van der Waals surface area contributed by atoms with Crippen LogP contribution in [-0.2, 0) is 6.54 Å². The summed E-state index contributed by atoms with van der Waals surface area (Å²) in [6, 6.07) is 11.8. The van der Waals surface area contributed by atoms with Crippen molar-refractivity contribution in [1.82, 2.24) is 29.6 Å². The van der Waals surface area contributed by atoms with Gasteiger partial charge in [0.05, 0.1) is 29.3 Å².